The van der Waals surface area contributed by atoms with E-state index >= 15 is 0 Å². The molecule has 1 aromatic heterocycles. The van der Waals surface area contributed by atoms with Gasteiger partial charge in [-0.05, 0) is 30.5 Å². The van der Waals surface area contributed by atoms with E-state index in [9.17, 15) is 9.59 Å². The molecular weight excluding hydrogens is 408 g/mol. The number of para-hydroxylation sites is 2. The van der Waals surface area contributed by atoms with Crippen LogP contribution in [0, 0.1) is 5.92 Å². The number of benzene rings is 3. The number of hydrogen-bond acceptors (Lipinski definition) is 2. The normalized spacial score (nSPS) is 12.2. The zero-order valence-electron chi connectivity index (χ0n) is 19.8. The standard InChI is InChI=1S/C29H32N2O2/c1-4-6-12-21(5-2)19-30(3)29(33)28-22(20-32)13-11-18-27(28)31-25-16-9-7-14-23(25)24-15-8-10-17-26(24)31/h7-11,13-18,20-21H,4-6,12,19H2,1-3H3. The van der Waals surface area contributed by atoms with Crippen LogP contribution in [-0.4, -0.2) is 35.3 Å². The minimum Gasteiger partial charge on any atom is -0.341 e. The van der Waals surface area contributed by atoms with Crippen molar-refractivity contribution in [3.63, 3.8) is 0 Å². The number of fused-ring (bicyclic) bond motifs is 3. The Bertz CT molecular complexity index is 1230. The van der Waals surface area contributed by atoms with Crippen LogP contribution in [0.2, 0.25) is 0 Å². The average Bonchev–Trinajstić information content (AvgIpc) is 3.19. The lowest BCUT2D eigenvalue weighted by atomic mass is 9.98. The van der Waals surface area contributed by atoms with Crippen molar-refractivity contribution in [3.8, 4) is 5.69 Å². The molecule has 1 heterocycles. The predicted octanol–water partition coefficient (Wildman–Crippen LogP) is 6.88. The Labute approximate surface area is 195 Å². The highest BCUT2D eigenvalue weighted by Crippen LogP contribution is 2.34. The van der Waals surface area contributed by atoms with Crippen LogP contribution in [0.1, 0.15) is 60.2 Å². The number of rotatable bonds is 9. The molecule has 3 aromatic carbocycles. The van der Waals surface area contributed by atoms with E-state index in [0.717, 1.165) is 59.5 Å². The quantitative estimate of drug-likeness (QED) is 0.266. The van der Waals surface area contributed by atoms with Crippen LogP contribution in [-0.2, 0) is 0 Å². The predicted molar refractivity (Wildman–Crippen MR) is 136 cm³/mol. The summed E-state index contributed by atoms with van der Waals surface area (Å²) in [6.07, 6.45) is 5.26. The van der Waals surface area contributed by atoms with Crippen molar-refractivity contribution in [2.45, 2.75) is 39.5 Å². The molecule has 0 spiro atoms. The van der Waals surface area contributed by atoms with Gasteiger partial charge in [-0.15, -0.1) is 0 Å². The fraction of sp³-hybridized carbons (Fsp3) is 0.310. The molecule has 1 amide bonds. The average molecular weight is 441 g/mol. The maximum Gasteiger partial charge on any atom is 0.256 e. The highest BCUT2D eigenvalue weighted by molar-refractivity contribution is 6.11. The van der Waals surface area contributed by atoms with Crippen LogP contribution in [0.5, 0.6) is 0 Å². The van der Waals surface area contributed by atoms with Crippen LogP contribution in [0.3, 0.4) is 0 Å². The molecule has 170 valence electrons. The number of aldehydes is 1. The van der Waals surface area contributed by atoms with Gasteiger partial charge in [0.05, 0.1) is 22.3 Å². The number of amides is 1. The van der Waals surface area contributed by atoms with Gasteiger partial charge in [0.15, 0.2) is 6.29 Å². The van der Waals surface area contributed by atoms with Crippen molar-refractivity contribution in [1.82, 2.24) is 9.47 Å². The number of aromatic nitrogens is 1. The second-order valence-electron chi connectivity index (χ2n) is 8.83. The lowest BCUT2D eigenvalue weighted by Crippen LogP contribution is -2.33. The molecule has 4 nitrogen and oxygen atoms in total. The summed E-state index contributed by atoms with van der Waals surface area (Å²) in [7, 11) is 1.86. The van der Waals surface area contributed by atoms with Crippen molar-refractivity contribution in [2.75, 3.05) is 13.6 Å². The maximum absolute atomic E-state index is 13.8. The van der Waals surface area contributed by atoms with E-state index < -0.39 is 0 Å². The lowest BCUT2D eigenvalue weighted by Gasteiger charge is -2.25. The van der Waals surface area contributed by atoms with E-state index in [0.29, 0.717) is 23.6 Å². The highest BCUT2D eigenvalue weighted by Gasteiger charge is 2.24. The molecule has 4 rings (SSSR count). The maximum atomic E-state index is 13.8. The monoisotopic (exact) mass is 440 g/mol. The third-order valence-electron chi connectivity index (χ3n) is 6.66. The molecule has 0 aliphatic heterocycles. The van der Waals surface area contributed by atoms with E-state index in [1.54, 1.807) is 11.0 Å². The van der Waals surface area contributed by atoms with Gasteiger partial charge in [0.1, 0.15) is 0 Å². The Hall–Kier alpha value is -3.40. The number of carbonyl (C=O) groups is 2. The van der Waals surface area contributed by atoms with Crippen molar-refractivity contribution in [2.24, 2.45) is 5.92 Å². The summed E-state index contributed by atoms with van der Waals surface area (Å²) in [5.41, 5.74) is 3.68. The van der Waals surface area contributed by atoms with E-state index in [2.05, 4.69) is 42.7 Å². The minimum absolute atomic E-state index is 0.107. The summed E-state index contributed by atoms with van der Waals surface area (Å²) in [6, 6.07) is 22.0. The van der Waals surface area contributed by atoms with Crippen LogP contribution in [0.25, 0.3) is 27.5 Å². The molecule has 4 aromatic rings. The van der Waals surface area contributed by atoms with Crippen LogP contribution < -0.4 is 0 Å². The van der Waals surface area contributed by atoms with Gasteiger partial charge in [-0.3, -0.25) is 9.59 Å². The molecule has 4 heteroatoms. The van der Waals surface area contributed by atoms with Crippen LogP contribution in [0.15, 0.2) is 66.7 Å². The van der Waals surface area contributed by atoms with Crippen molar-refractivity contribution in [1.29, 1.82) is 0 Å². The number of unbranched alkanes of at least 4 members (excludes halogenated alkanes) is 1. The number of carbonyl (C=O) groups excluding carboxylic acids is 2. The Morgan fingerprint density at radius 3 is 2.15 bits per heavy atom. The largest absolute Gasteiger partial charge is 0.341 e. The summed E-state index contributed by atoms with van der Waals surface area (Å²) >= 11 is 0. The molecule has 0 radical (unpaired) electrons. The number of nitrogens with zero attached hydrogens (tertiary/aromatic N) is 2. The van der Waals surface area contributed by atoms with Gasteiger partial charge in [0, 0.05) is 29.9 Å². The Morgan fingerprint density at radius 1 is 0.939 bits per heavy atom. The molecule has 1 atom stereocenters. The lowest BCUT2D eigenvalue weighted by molar-refractivity contribution is 0.0765. The molecule has 0 saturated carbocycles. The molecule has 33 heavy (non-hydrogen) atoms. The van der Waals surface area contributed by atoms with Gasteiger partial charge in [0.25, 0.3) is 5.91 Å². The summed E-state index contributed by atoms with van der Waals surface area (Å²) in [6.45, 7) is 5.07. The molecule has 0 saturated heterocycles. The first-order valence-corrected chi connectivity index (χ1v) is 11.9. The Kier molecular flexibility index (Phi) is 6.93. The molecule has 0 aliphatic carbocycles. The van der Waals surface area contributed by atoms with E-state index in [4.69, 9.17) is 0 Å². The van der Waals surface area contributed by atoms with Gasteiger partial charge in [-0.25, -0.2) is 0 Å². The van der Waals surface area contributed by atoms with Gasteiger partial charge in [0.2, 0.25) is 0 Å². The summed E-state index contributed by atoms with van der Waals surface area (Å²) < 4.78 is 2.12. The third kappa shape index (κ3) is 4.30. The minimum atomic E-state index is -0.107. The fourth-order valence-electron chi connectivity index (χ4n) is 4.84. The van der Waals surface area contributed by atoms with Gasteiger partial charge in [-0.2, -0.15) is 0 Å². The molecule has 0 aliphatic rings. The fourth-order valence-corrected chi connectivity index (χ4v) is 4.84. The van der Waals surface area contributed by atoms with Crippen LogP contribution >= 0.6 is 0 Å². The zero-order chi connectivity index (χ0) is 23.4. The summed E-state index contributed by atoms with van der Waals surface area (Å²) in [5, 5.41) is 2.25. The van der Waals surface area contributed by atoms with Crippen molar-refractivity contribution < 1.29 is 9.59 Å². The Balaban J connectivity index is 1.86. The van der Waals surface area contributed by atoms with E-state index in [-0.39, 0.29) is 5.91 Å². The van der Waals surface area contributed by atoms with Crippen LogP contribution in [0.4, 0.5) is 0 Å². The molecule has 0 fully saturated rings. The smallest absolute Gasteiger partial charge is 0.256 e. The Morgan fingerprint density at radius 2 is 1.58 bits per heavy atom. The van der Waals surface area contributed by atoms with Gasteiger partial charge >= 0.3 is 0 Å². The molecule has 0 N–H and O–H groups in total. The van der Waals surface area contributed by atoms with Gasteiger partial charge < -0.3 is 9.47 Å². The van der Waals surface area contributed by atoms with E-state index in [1.807, 2.05) is 43.4 Å². The van der Waals surface area contributed by atoms with Crippen molar-refractivity contribution in [3.05, 3.63) is 77.9 Å². The van der Waals surface area contributed by atoms with Crippen molar-refractivity contribution >= 4 is 34.0 Å². The SMILES string of the molecule is CCCCC(CC)CN(C)C(=O)c1c(C=O)cccc1-n1c2ccccc2c2ccccc21. The molecular formula is C29H32N2O2. The highest BCUT2D eigenvalue weighted by atomic mass is 16.2. The summed E-state index contributed by atoms with van der Waals surface area (Å²) in [5.74, 6) is 0.350. The second-order valence-corrected chi connectivity index (χ2v) is 8.83. The molecule has 1 unspecified atom stereocenters. The first-order valence-electron chi connectivity index (χ1n) is 11.9. The zero-order valence-corrected chi connectivity index (χ0v) is 19.8. The van der Waals surface area contributed by atoms with E-state index in [1.165, 1.54) is 0 Å². The summed E-state index contributed by atoms with van der Waals surface area (Å²) in [4.78, 5) is 27.6. The third-order valence-corrected chi connectivity index (χ3v) is 6.66. The van der Waals surface area contributed by atoms with Gasteiger partial charge in [-0.1, -0.05) is 81.6 Å². The first kappa shape index (κ1) is 22.8. The second kappa shape index (κ2) is 10.0. The number of hydrogen-bond donors (Lipinski definition) is 0. The first-order chi connectivity index (χ1) is 16.1. The molecule has 0 bridgehead atoms. The topological polar surface area (TPSA) is 42.3 Å².